The fourth-order valence-corrected chi connectivity index (χ4v) is 3.91. The van der Waals surface area contributed by atoms with Crippen molar-refractivity contribution in [2.24, 2.45) is 5.92 Å². The first-order chi connectivity index (χ1) is 10.2. The monoisotopic (exact) mass is 295 g/mol. The van der Waals surface area contributed by atoms with Gasteiger partial charge in [0.15, 0.2) is 0 Å². The van der Waals surface area contributed by atoms with Crippen LogP contribution in [0.3, 0.4) is 0 Å². The molecule has 21 heavy (non-hydrogen) atoms. The summed E-state index contributed by atoms with van der Waals surface area (Å²) in [6, 6.07) is 0.640. The van der Waals surface area contributed by atoms with Crippen molar-refractivity contribution in [2.45, 2.75) is 70.9 Å². The molecule has 1 aliphatic carbocycles. The molecule has 0 aromatic carbocycles. The van der Waals surface area contributed by atoms with Crippen LogP contribution in [-0.4, -0.2) is 49.1 Å². The first-order valence-electron chi connectivity index (χ1n) is 9.00. The zero-order valence-electron chi connectivity index (χ0n) is 13.9. The van der Waals surface area contributed by atoms with Crippen molar-refractivity contribution < 1.29 is 4.79 Å². The van der Waals surface area contributed by atoms with E-state index >= 15 is 0 Å². The number of rotatable bonds is 7. The van der Waals surface area contributed by atoms with Gasteiger partial charge in [-0.3, -0.25) is 4.79 Å². The Morgan fingerprint density at radius 2 is 1.95 bits per heavy atom. The normalized spacial score (nSPS) is 29.2. The van der Waals surface area contributed by atoms with Gasteiger partial charge in [0.1, 0.15) is 0 Å². The summed E-state index contributed by atoms with van der Waals surface area (Å²) in [4.78, 5) is 14.7. The summed E-state index contributed by atoms with van der Waals surface area (Å²) in [5.74, 6) is 1.04. The molecule has 1 saturated carbocycles. The lowest BCUT2D eigenvalue weighted by Crippen LogP contribution is -2.55. The van der Waals surface area contributed by atoms with E-state index in [-0.39, 0.29) is 11.9 Å². The van der Waals surface area contributed by atoms with E-state index in [2.05, 4.69) is 29.4 Å². The molecule has 122 valence electrons. The highest BCUT2D eigenvalue weighted by molar-refractivity contribution is 5.81. The Bertz CT molecular complexity index is 321. The predicted molar refractivity (Wildman–Crippen MR) is 87.3 cm³/mol. The maximum Gasteiger partial charge on any atom is 0.237 e. The van der Waals surface area contributed by atoms with Gasteiger partial charge < -0.3 is 15.5 Å². The second-order valence-corrected chi connectivity index (χ2v) is 6.67. The lowest BCUT2D eigenvalue weighted by molar-refractivity contribution is -0.124. The van der Waals surface area contributed by atoms with E-state index in [0.29, 0.717) is 6.04 Å². The molecule has 0 aromatic rings. The van der Waals surface area contributed by atoms with Crippen LogP contribution >= 0.6 is 0 Å². The average Bonchev–Trinajstić information content (AvgIpc) is 2.53. The van der Waals surface area contributed by atoms with Crippen LogP contribution in [0.2, 0.25) is 0 Å². The fourth-order valence-electron chi connectivity index (χ4n) is 3.91. The van der Waals surface area contributed by atoms with Crippen molar-refractivity contribution in [3.63, 3.8) is 0 Å². The van der Waals surface area contributed by atoms with Crippen molar-refractivity contribution in [3.8, 4) is 0 Å². The molecule has 1 amide bonds. The lowest BCUT2D eigenvalue weighted by atomic mass is 9.77. The molecule has 3 atom stereocenters. The summed E-state index contributed by atoms with van der Waals surface area (Å²) < 4.78 is 0. The highest BCUT2D eigenvalue weighted by Crippen LogP contribution is 2.32. The Hall–Kier alpha value is -0.610. The highest BCUT2D eigenvalue weighted by atomic mass is 16.2. The zero-order chi connectivity index (χ0) is 15.1. The number of carbonyl (C=O) groups is 1. The first-order valence-corrected chi connectivity index (χ1v) is 9.00. The molecule has 0 spiro atoms. The van der Waals surface area contributed by atoms with Crippen molar-refractivity contribution in [2.75, 3.05) is 26.2 Å². The van der Waals surface area contributed by atoms with Gasteiger partial charge in [-0.2, -0.15) is 0 Å². The van der Waals surface area contributed by atoms with Crippen LogP contribution in [0.15, 0.2) is 0 Å². The number of hydrogen-bond acceptors (Lipinski definition) is 3. The quantitative estimate of drug-likeness (QED) is 0.756. The summed E-state index contributed by atoms with van der Waals surface area (Å²) in [7, 11) is 0. The van der Waals surface area contributed by atoms with E-state index < -0.39 is 0 Å². The third-order valence-electron chi connectivity index (χ3n) is 5.18. The number of hydrogen-bond donors (Lipinski definition) is 2. The van der Waals surface area contributed by atoms with Gasteiger partial charge in [-0.15, -0.1) is 0 Å². The van der Waals surface area contributed by atoms with Crippen LogP contribution in [0.1, 0.15) is 58.8 Å². The summed E-state index contributed by atoms with van der Waals surface area (Å²) in [6.45, 7) is 8.32. The molecule has 3 unspecified atom stereocenters. The number of amides is 1. The van der Waals surface area contributed by atoms with Crippen LogP contribution in [0.5, 0.6) is 0 Å². The molecule has 1 aliphatic heterocycles. The standard InChI is InChI=1S/C17H33N3O/c1-3-12-20(4-2)13-11-18-17(21)16-10-9-14-7-5-6-8-15(14)19-16/h14-16,19H,3-13H2,1-2H3,(H,18,21). The van der Waals surface area contributed by atoms with E-state index in [1.165, 1.54) is 38.5 Å². The number of fused-ring (bicyclic) bond motifs is 1. The zero-order valence-corrected chi connectivity index (χ0v) is 13.9. The van der Waals surface area contributed by atoms with Crippen molar-refractivity contribution in [1.29, 1.82) is 0 Å². The summed E-state index contributed by atoms with van der Waals surface area (Å²) in [5.41, 5.74) is 0. The van der Waals surface area contributed by atoms with Gasteiger partial charge >= 0.3 is 0 Å². The SMILES string of the molecule is CCCN(CC)CCNC(=O)C1CCC2CCCCC2N1. The van der Waals surface area contributed by atoms with Gasteiger partial charge in [-0.05, 0) is 51.1 Å². The number of piperidine rings is 1. The van der Waals surface area contributed by atoms with E-state index in [9.17, 15) is 4.79 Å². The topological polar surface area (TPSA) is 44.4 Å². The van der Waals surface area contributed by atoms with Crippen LogP contribution in [0.4, 0.5) is 0 Å². The fraction of sp³-hybridized carbons (Fsp3) is 0.941. The Morgan fingerprint density at radius 3 is 2.71 bits per heavy atom. The van der Waals surface area contributed by atoms with Gasteiger partial charge in [0.2, 0.25) is 5.91 Å². The van der Waals surface area contributed by atoms with Gasteiger partial charge in [0.25, 0.3) is 0 Å². The average molecular weight is 295 g/mol. The van der Waals surface area contributed by atoms with Crippen molar-refractivity contribution >= 4 is 5.91 Å². The van der Waals surface area contributed by atoms with Crippen LogP contribution < -0.4 is 10.6 Å². The number of carbonyl (C=O) groups excluding carboxylic acids is 1. The van der Waals surface area contributed by atoms with Crippen molar-refractivity contribution in [3.05, 3.63) is 0 Å². The minimum atomic E-state index is 0.0469. The lowest BCUT2D eigenvalue weighted by Gasteiger charge is -2.39. The van der Waals surface area contributed by atoms with Crippen LogP contribution in [0, 0.1) is 5.92 Å². The Balaban J connectivity index is 1.68. The number of nitrogens with zero attached hydrogens (tertiary/aromatic N) is 1. The maximum atomic E-state index is 12.3. The molecular formula is C17H33N3O. The van der Waals surface area contributed by atoms with Crippen molar-refractivity contribution in [1.82, 2.24) is 15.5 Å². The first kappa shape index (κ1) is 16.8. The molecule has 2 N–H and O–H groups in total. The number of likely N-dealkylation sites (N-methyl/N-ethyl adjacent to an activating group) is 1. The Labute approximate surface area is 130 Å². The highest BCUT2D eigenvalue weighted by Gasteiger charge is 2.34. The van der Waals surface area contributed by atoms with Gasteiger partial charge in [-0.25, -0.2) is 0 Å². The molecule has 0 radical (unpaired) electrons. The molecule has 4 nitrogen and oxygen atoms in total. The van der Waals surface area contributed by atoms with E-state index in [1.807, 2.05) is 0 Å². The minimum absolute atomic E-state index is 0.0469. The molecular weight excluding hydrogens is 262 g/mol. The third-order valence-corrected chi connectivity index (χ3v) is 5.18. The van der Waals surface area contributed by atoms with Crippen LogP contribution in [0.25, 0.3) is 0 Å². The Kier molecular flexibility index (Phi) is 6.97. The predicted octanol–water partition coefficient (Wildman–Crippen LogP) is 2.15. The summed E-state index contributed by atoms with van der Waals surface area (Å²) >= 11 is 0. The molecule has 4 heteroatoms. The van der Waals surface area contributed by atoms with E-state index in [1.54, 1.807) is 0 Å². The van der Waals surface area contributed by atoms with E-state index in [0.717, 1.165) is 38.5 Å². The molecule has 1 heterocycles. The van der Waals surface area contributed by atoms with Gasteiger partial charge in [-0.1, -0.05) is 26.7 Å². The second-order valence-electron chi connectivity index (χ2n) is 6.67. The minimum Gasteiger partial charge on any atom is -0.353 e. The molecule has 2 fully saturated rings. The molecule has 0 aromatic heterocycles. The Morgan fingerprint density at radius 1 is 1.14 bits per heavy atom. The van der Waals surface area contributed by atoms with Gasteiger partial charge in [0.05, 0.1) is 6.04 Å². The largest absolute Gasteiger partial charge is 0.353 e. The van der Waals surface area contributed by atoms with E-state index in [4.69, 9.17) is 0 Å². The molecule has 2 aliphatic rings. The maximum absolute atomic E-state index is 12.3. The molecule has 1 saturated heterocycles. The summed E-state index contributed by atoms with van der Waals surface area (Å²) in [5, 5.41) is 6.73. The van der Waals surface area contributed by atoms with Gasteiger partial charge in [0, 0.05) is 19.1 Å². The summed E-state index contributed by atoms with van der Waals surface area (Å²) in [6.07, 6.45) is 8.74. The van der Waals surface area contributed by atoms with Crippen LogP contribution in [-0.2, 0) is 4.79 Å². The number of nitrogens with one attached hydrogen (secondary N) is 2. The molecule has 2 rings (SSSR count). The smallest absolute Gasteiger partial charge is 0.237 e. The molecule has 0 bridgehead atoms. The second kappa shape index (κ2) is 8.74. The third kappa shape index (κ3) is 4.96.